The van der Waals surface area contributed by atoms with Crippen molar-refractivity contribution in [1.82, 2.24) is 5.32 Å². The fourth-order valence-electron chi connectivity index (χ4n) is 0.291. The van der Waals surface area contributed by atoms with Crippen LogP contribution in [0.15, 0.2) is 0 Å². The summed E-state index contributed by atoms with van der Waals surface area (Å²) in [5.41, 5.74) is 0. The molecule has 0 aromatic rings. The zero-order valence-electron chi connectivity index (χ0n) is 5.43. The number of carbonyl (C=O) groups excluding carboxylic acids is 1. The monoisotopic (exact) mass is 206 g/mol. The Hall–Kier alpha value is -0.760. The van der Waals surface area contributed by atoms with E-state index in [-0.39, 0.29) is 11.4 Å². The largest absolute Gasteiger partial charge is 0.453 e. The molecule has 0 spiro atoms. The summed E-state index contributed by atoms with van der Waals surface area (Å²) in [4.78, 5) is 10.0. The summed E-state index contributed by atoms with van der Waals surface area (Å²) in [5, 5.41) is 10.6. The molecule has 1 atom stereocenters. The number of methoxy groups -OCH3 is 1. The van der Waals surface area contributed by atoms with Crippen molar-refractivity contribution in [2.24, 2.45) is 0 Å². The average molecular weight is 207 g/mol. The zero-order chi connectivity index (χ0) is 7.98. The molecule has 5 heteroatoms. The number of alkyl halides is 1. The SMILES string of the molecule is COC(=O)NCC(Br)C#N. The van der Waals surface area contributed by atoms with Crippen LogP contribution in [0.25, 0.3) is 0 Å². The third-order valence-electron chi connectivity index (χ3n) is 0.751. The molecule has 1 N–H and O–H groups in total. The van der Waals surface area contributed by atoms with E-state index in [1.807, 2.05) is 6.07 Å². The lowest BCUT2D eigenvalue weighted by atomic mass is 10.5. The highest BCUT2D eigenvalue weighted by Gasteiger charge is 2.03. The van der Waals surface area contributed by atoms with E-state index in [4.69, 9.17) is 5.26 Å². The number of ether oxygens (including phenoxy) is 1. The van der Waals surface area contributed by atoms with Gasteiger partial charge in [-0.05, 0) is 0 Å². The van der Waals surface area contributed by atoms with Gasteiger partial charge in [-0.2, -0.15) is 5.26 Å². The van der Waals surface area contributed by atoms with E-state index in [1.54, 1.807) is 0 Å². The highest BCUT2D eigenvalue weighted by molar-refractivity contribution is 9.09. The maximum absolute atomic E-state index is 10.4. The minimum atomic E-state index is -0.528. The van der Waals surface area contributed by atoms with Gasteiger partial charge in [0.1, 0.15) is 4.83 Å². The molecule has 0 aliphatic heterocycles. The number of rotatable bonds is 2. The smallest absolute Gasteiger partial charge is 0.406 e. The first-order valence-corrected chi connectivity index (χ1v) is 3.47. The molecular weight excluding hydrogens is 200 g/mol. The lowest BCUT2D eigenvalue weighted by Crippen LogP contribution is -2.28. The molecule has 0 aliphatic rings. The van der Waals surface area contributed by atoms with Crippen molar-refractivity contribution in [3.63, 3.8) is 0 Å². The molecule has 0 aromatic heterocycles. The molecule has 0 saturated heterocycles. The van der Waals surface area contributed by atoms with E-state index in [0.717, 1.165) is 0 Å². The van der Waals surface area contributed by atoms with Crippen LogP contribution in [0.2, 0.25) is 0 Å². The second kappa shape index (κ2) is 5.06. The number of nitriles is 1. The molecule has 0 radical (unpaired) electrons. The van der Waals surface area contributed by atoms with Crippen molar-refractivity contribution < 1.29 is 9.53 Å². The van der Waals surface area contributed by atoms with E-state index in [2.05, 4.69) is 26.0 Å². The van der Waals surface area contributed by atoms with E-state index < -0.39 is 6.09 Å². The number of amides is 1. The Bertz CT molecular complexity index is 154. The van der Waals surface area contributed by atoms with Gasteiger partial charge in [0.15, 0.2) is 0 Å². The summed E-state index contributed by atoms with van der Waals surface area (Å²) >= 11 is 3.00. The summed E-state index contributed by atoms with van der Waals surface area (Å²) in [6.45, 7) is 0.253. The molecular formula is C5H7BrN2O2. The minimum absolute atomic E-state index is 0.253. The van der Waals surface area contributed by atoms with Crippen molar-refractivity contribution in [1.29, 1.82) is 5.26 Å². The molecule has 0 fully saturated rings. The number of carbonyl (C=O) groups is 1. The summed E-state index contributed by atoms with van der Waals surface area (Å²) in [5.74, 6) is 0. The van der Waals surface area contributed by atoms with Crippen LogP contribution < -0.4 is 5.32 Å². The lowest BCUT2D eigenvalue weighted by molar-refractivity contribution is 0.171. The lowest BCUT2D eigenvalue weighted by Gasteiger charge is -2.01. The van der Waals surface area contributed by atoms with Crippen molar-refractivity contribution in [3.05, 3.63) is 0 Å². The van der Waals surface area contributed by atoms with Crippen molar-refractivity contribution in [2.75, 3.05) is 13.7 Å². The first-order valence-electron chi connectivity index (χ1n) is 2.56. The first kappa shape index (κ1) is 9.24. The van der Waals surface area contributed by atoms with Crippen LogP contribution in [0.3, 0.4) is 0 Å². The van der Waals surface area contributed by atoms with E-state index in [9.17, 15) is 4.79 Å². The Morgan fingerprint density at radius 1 is 2.00 bits per heavy atom. The Morgan fingerprint density at radius 3 is 3.00 bits per heavy atom. The van der Waals surface area contributed by atoms with Gasteiger partial charge in [-0.1, -0.05) is 15.9 Å². The summed E-state index contributed by atoms with van der Waals surface area (Å²) in [6, 6.07) is 1.89. The molecule has 0 bridgehead atoms. The Labute approximate surface area is 67.3 Å². The topological polar surface area (TPSA) is 62.1 Å². The molecule has 4 nitrogen and oxygen atoms in total. The molecule has 1 amide bonds. The minimum Gasteiger partial charge on any atom is -0.453 e. The molecule has 0 saturated carbocycles. The molecule has 56 valence electrons. The maximum Gasteiger partial charge on any atom is 0.406 e. The predicted molar refractivity (Wildman–Crippen MR) is 38.7 cm³/mol. The standard InChI is InChI=1S/C5H7BrN2O2/c1-10-5(9)8-3-4(6)2-7/h4H,3H2,1H3,(H,8,9). The van der Waals surface area contributed by atoms with Gasteiger partial charge in [-0.15, -0.1) is 0 Å². The highest BCUT2D eigenvalue weighted by Crippen LogP contribution is 1.93. The molecule has 0 aromatic carbocycles. The number of alkyl carbamates (subject to hydrolysis) is 1. The Kier molecular flexibility index (Phi) is 4.67. The van der Waals surface area contributed by atoms with Gasteiger partial charge < -0.3 is 10.1 Å². The predicted octanol–water partition coefficient (Wildman–Crippen LogP) is 0.629. The van der Waals surface area contributed by atoms with E-state index >= 15 is 0 Å². The van der Waals surface area contributed by atoms with Crippen LogP contribution in [0.5, 0.6) is 0 Å². The second-order valence-electron chi connectivity index (χ2n) is 1.47. The van der Waals surface area contributed by atoms with Crippen LogP contribution in [-0.2, 0) is 4.74 Å². The summed E-state index contributed by atoms with van der Waals surface area (Å²) < 4.78 is 4.26. The molecule has 0 aliphatic carbocycles. The summed E-state index contributed by atoms with van der Waals surface area (Å²) in [7, 11) is 1.27. The Balaban J connectivity index is 3.37. The normalized spacial score (nSPS) is 11.3. The molecule has 10 heavy (non-hydrogen) atoms. The molecule has 0 rings (SSSR count). The van der Waals surface area contributed by atoms with E-state index in [1.165, 1.54) is 7.11 Å². The van der Waals surface area contributed by atoms with Crippen molar-refractivity contribution in [2.45, 2.75) is 4.83 Å². The fourth-order valence-corrected chi connectivity index (χ4v) is 0.453. The van der Waals surface area contributed by atoms with Gasteiger partial charge in [0.05, 0.1) is 13.2 Å². The Morgan fingerprint density at radius 2 is 2.60 bits per heavy atom. The van der Waals surface area contributed by atoms with Crippen LogP contribution in [0.1, 0.15) is 0 Å². The third kappa shape index (κ3) is 4.15. The van der Waals surface area contributed by atoms with Gasteiger partial charge in [-0.3, -0.25) is 0 Å². The first-order chi connectivity index (χ1) is 4.70. The average Bonchev–Trinajstić information content (AvgIpc) is 1.99. The fraction of sp³-hybridized carbons (Fsp3) is 0.600. The molecule has 0 heterocycles. The van der Waals surface area contributed by atoms with Crippen molar-refractivity contribution >= 4 is 22.0 Å². The quantitative estimate of drug-likeness (QED) is 0.675. The van der Waals surface area contributed by atoms with Gasteiger partial charge in [0.25, 0.3) is 0 Å². The van der Waals surface area contributed by atoms with Crippen molar-refractivity contribution in [3.8, 4) is 6.07 Å². The van der Waals surface area contributed by atoms with Crippen LogP contribution >= 0.6 is 15.9 Å². The number of nitrogens with one attached hydrogen (secondary N) is 1. The highest BCUT2D eigenvalue weighted by atomic mass is 79.9. The van der Waals surface area contributed by atoms with E-state index in [0.29, 0.717) is 0 Å². The van der Waals surface area contributed by atoms with Gasteiger partial charge in [0.2, 0.25) is 0 Å². The number of hydrogen-bond donors (Lipinski definition) is 1. The van der Waals surface area contributed by atoms with Crippen LogP contribution in [0.4, 0.5) is 4.79 Å². The van der Waals surface area contributed by atoms with Gasteiger partial charge in [0, 0.05) is 6.54 Å². The third-order valence-corrected chi connectivity index (χ3v) is 1.28. The van der Waals surface area contributed by atoms with Crippen LogP contribution in [0, 0.1) is 11.3 Å². The van der Waals surface area contributed by atoms with Gasteiger partial charge in [-0.25, -0.2) is 4.79 Å². The second-order valence-corrected chi connectivity index (χ2v) is 2.57. The number of halogens is 1. The summed E-state index contributed by atoms with van der Waals surface area (Å²) in [6.07, 6.45) is -0.528. The molecule has 1 unspecified atom stereocenters. The van der Waals surface area contributed by atoms with Crippen LogP contribution in [-0.4, -0.2) is 24.6 Å². The zero-order valence-corrected chi connectivity index (χ0v) is 7.01. The maximum atomic E-state index is 10.4. The number of nitrogens with zero attached hydrogens (tertiary/aromatic N) is 1. The number of hydrogen-bond acceptors (Lipinski definition) is 3. The van der Waals surface area contributed by atoms with Gasteiger partial charge >= 0.3 is 6.09 Å².